The number of halogens is 2. The number of esters is 1. The zero-order valence-corrected chi connectivity index (χ0v) is 8.02. The van der Waals surface area contributed by atoms with Crippen LogP contribution in [-0.2, 0) is 4.74 Å². The van der Waals surface area contributed by atoms with Crippen molar-refractivity contribution in [2.75, 3.05) is 7.11 Å². The van der Waals surface area contributed by atoms with Gasteiger partial charge in [0.05, 0.1) is 17.6 Å². The third-order valence-electron chi connectivity index (χ3n) is 1.74. The van der Waals surface area contributed by atoms with E-state index in [1.165, 1.54) is 0 Å². The maximum atomic E-state index is 12.5. The number of hydrogen-bond acceptors (Lipinski definition) is 5. The minimum Gasteiger partial charge on any atom is -0.464 e. The third-order valence-corrected chi connectivity index (χ3v) is 1.74. The van der Waals surface area contributed by atoms with Crippen molar-refractivity contribution in [1.29, 1.82) is 0 Å². The summed E-state index contributed by atoms with van der Waals surface area (Å²) in [6.07, 6.45) is -2.46. The number of aromatic nitrogens is 1. The molecule has 0 aliphatic rings. The van der Waals surface area contributed by atoms with Gasteiger partial charge in [-0.2, -0.15) is 0 Å². The van der Waals surface area contributed by atoms with Crippen LogP contribution in [0.3, 0.4) is 0 Å². The molecule has 0 amide bonds. The third kappa shape index (κ3) is 2.27. The molecule has 0 aromatic carbocycles. The van der Waals surface area contributed by atoms with Gasteiger partial charge in [0.2, 0.25) is 0 Å². The number of pyridine rings is 1. The maximum absolute atomic E-state index is 12.5. The number of nitrogens with zero attached hydrogens (tertiary/aromatic N) is 2. The number of carbonyl (C=O) groups is 1. The second-order valence-electron chi connectivity index (χ2n) is 2.68. The van der Waals surface area contributed by atoms with Gasteiger partial charge < -0.3 is 4.74 Å². The fourth-order valence-corrected chi connectivity index (χ4v) is 1.01. The van der Waals surface area contributed by atoms with Crippen molar-refractivity contribution in [3.63, 3.8) is 0 Å². The van der Waals surface area contributed by atoms with Crippen LogP contribution in [0.2, 0.25) is 0 Å². The lowest BCUT2D eigenvalue weighted by atomic mass is 10.2. The second-order valence-corrected chi connectivity index (χ2v) is 2.68. The van der Waals surface area contributed by atoms with Crippen LogP contribution in [-0.4, -0.2) is 23.0 Å². The molecule has 0 atom stereocenters. The van der Waals surface area contributed by atoms with Crippen molar-refractivity contribution in [3.8, 4) is 0 Å². The van der Waals surface area contributed by atoms with Crippen molar-refractivity contribution < 1.29 is 23.2 Å². The Morgan fingerprint density at radius 2 is 2.25 bits per heavy atom. The van der Waals surface area contributed by atoms with Crippen LogP contribution in [0, 0.1) is 10.1 Å². The Labute approximate surface area is 88.0 Å². The van der Waals surface area contributed by atoms with Crippen molar-refractivity contribution >= 4 is 11.7 Å². The van der Waals surface area contributed by atoms with E-state index in [0.717, 1.165) is 7.11 Å². The van der Waals surface area contributed by atoms with E-state index in [1.807, 2.05) is 0 Å². The van der Waals surface area contributed by atoms with E-state index < -0.39 is 34.3 Å². The minimum atomic E-state index is -3.06. The molecule has 0 bridgehead atoms. The second kappa shape index (κ2) is 4.60. The van der Waals surface area contributed by atoms with E-state index >= 15 is 0 Å². The molecule has 0 saturated carbocycles. The van der Waals surface area contributed by atoms with Crippen molar-refractivity contribution in [2.45, 2.75) is 6.43 Å². The van der Waals surface area contributed by atoms with Gasteiger partial charge in [0.25, 0.3) is 12.1 Å². The highest BCUT2D eigenvalue weighted by atomic mass is 19.3. The van der Waals surface area contributed by atoms with Gasteiger partial charge >= 0.3 is 5.97 Å². The van der Waals surface area contributed by atoms with Gasteiger partial charge in [0.15, 0.2) is 0 Å². The smallest absolute Gasteiger partial charge is 0.356 e. The number of rotatable bonds is 3. The van der Waals surface area contributed by atoms with E-state index in [4.69, 9.17) is 0 Å². The number of carbonyl (C=O) groups excluding carboxylic acids is 1. The van der Waals surface area contributed by atoms with E-state index in [1.54, 1.807) is 0 Å². The number of alkyl halides is 2. The molecule has 0 aliphatic carbocycles. The largest absolute Gasteiger partial charge is 0.464 e. The van der Waals surface area contributed by atoms with Crippen molar-refractivity contribution in [3.05, 3.63) is 33.6 Å². The van der Waals surface area contributed by atoms with Gasteiger partial charge in [-0.15, -0.1) is 0 Å². The Balaban J connectivity index is 3.28. The Morgan fingerprint density at radius 1 is 1.62 bits per heavy atom. The fraction of sp³-hybridized carbons (Fsp3) is 0.250. The Bertz CT molecular complexity index is 436. The first-order valence-electron chi connectivity index (χ1n) is 3.98. The van der Waals surface area contributed by atoms with Crippen LogP contribution in [0.25, 0.3) is 0 Å². The van der Waals surface area contributed by atoms with Gasteiger partial charge in [-0.1, -0.05) is 0 Å². The molecular formula is C8H6F2N2O4. The van der Waals surface area contributed by atoms with E-state index in [2.05, 4.69) is 9.72 Å². The van der Waals surface area contributed by atoms with E-state index in [-0.39, 0.29) is 0 Å². The summed E-state index contributed by atoms with van der Waals surface area (Å²) >= 11 is 0. The number of hydrogen-bond donors (Lipinski definition) is 0. The molecule has 8 heteroatoms. The highest BCUT2D eigenvalue weighted by Gasteiger charge is 2.24. The lowest BCUT2D eigenvalue weighted by Crippen LogP contribution is -2.07. The number of ether oxygens (including phenoxy) is 1. The van der Waals surface area contributed by atoms with Crippen LogP contribution >= 0.6 is 0 Å². The molecule has 1 rings (SSSR count). The summed E-state index contributed by atoms with van der Waals surface area (Å²) in [6, 6.07) is 0.647. The highest BCUT2D eigenvalue weighted by Crippen LogP contribution is 2.28. The summed E-state index contributed by atoms with van der Waals surface area (Å²) in [6.45, 7) is 0. The monoisotopic (exact) mass is 232 g/mol. The molecule has 0 N–H and O–H groups in total. The first kappa shape index (κ1) is 12.0. The predicted molar refractivity (Wildman–Crippen MR) is 47.2 cm³/mol. The lowest BCUT2D eigenvalue weighted by molar-refractivity contribution is -0.386. The van der Waals surface area contributed by atoms with E-state index in [9.17, 15) is 23.7 Å². The number of nitro groups is 1. The summed E-state index contributed by atoms with van der Waals surface area (Å²) in [4.78, 5) is 23.7. The molecule has 6 nitrogen and oxygen atoms in total. The van der Waals surface area contributed by atoms with Gasteiger partial charge in [-0.25, -0.2) is 18.6 Å². The topological polar surface area (TPSA) is 82.3 Å². The quantitative estimate of drug-likeness (QED) is 0.450. The molecule has 0 unspecified atom stereocenters. The Morgan fingerprint density at radius 3 is 2.69 bits per heavy atom. The molecular weight excluding hydrogens is 226 g/mol. The lowest BCUT2D eigenvalue weighted by Gasteiger charge is -2.03. The molecule has 0 spiro atoms. The fourth-order valence-electron chi connectivity index (χ4n) is 1.01. The standard InChI is InChI=1S/C8H6F2N2O4/c1-16-8(13)5-2-4(7(9)10)6(3-11-5)12(14)15/h2-3,7H,1H3. The molecule has 0 saturated heterocycles. The molecule has 0 aliphatic heterocycles. The summed E-state index contributed by atoms with van der Waals surface area (Å²) < 4.78 is 29.2. The summed E-state index contributed by atoms with van der Waals surface area (Å²) in [7, 11) is 1.05. The van der Waals surface area contributed by atoms with Gasteiger partial charge in [0.1, 0.15) is 11.9 Å². The normalized spacial score (nSPS) is 10.2. The minimum absolute atomic E-state index is 0.400. The SMILES string of the molecule is COC(=O)c1cc(C(F)F)c([N+](=O)[O-])cn1. The molecule has 0 fully saturated rings. The van der Waals surface area contributed by atoms with Crippen molar-refractivity contribution in [2.24, 2.45) is 0 Å². The first-order valence-corrected chi connectivity index (χ1v) is 3.98. The summed E-state index contributed by atoms with van der Waals surface area (Å²) in [5.74, 6) is -0.934. The maximum Gasteiger partial charge on any atom is 0.356 e. The van der Waals surface area contributed by atoms with Gasteiger partial charge in [0, 0.05) is 0 Å². The summed E-state index contributed by atoms with van der Waals surface area (Å²) in [5, 5.41) is 10.4. The molecule has 16 heavy (non-hydrogen) atoms. The molecule has 0 radical (unpaired) electrons. The molecule has 1 heterocycles. The van der Waals surface area contributed by atoms with Gasteiger partial charge in [-0.3, -0.25) is 10.1 Å². The average molecular weight is 232 g/mol. The molecule has 1 aromatic rings. The van der Waals surface area contributed by atoms with Crippen LogP contribution in [0.5, 0.6) is 0 Å². The zero-order valence-electron chi connectivity index (χ0n) is 8.02. The zero-order chi connectivity index (χ0) is 12.3. The van der Waals surface area contributed by atoms with Crippen molar-refractivity contribution in [1.82, 2.24) is 4.98 Å². The van der Waals surface area contributed by atoms with Crippen LogP contribution in [0.15, 0.2) is 12.3 Å². The van der Waals surface area contributed by atoms with Crippen LogP contribution in [0.1, 0.15) is 22.5 Å². The van der Waals surface area contributed by atoms with Gasteiger partial charge in [-0.05, 0) is 6.07 Å². The number of methoxy groups -OCH3 is 1. The Hall–Kier alpha value is -2.12. The van der Waals surface area contributed by atoms with Crippen LogP contribution in [0.4, 0.5) is 14.5 Å². The molecule has 86 valence electrons. The molecule has 1 aromatic heterocycles. The predicted octanol–water partition coefficient (Wildman–Crippen LogP) is 1.71. The first-order chi connectivity index (χ1) is 7.47. The highest BCUT2D eigenvalue weighted by molar-refractivity contribution is 5.87. The van der Waals surface area contributed by atoms with Crippen LogP contribution < -0.4 is 0 Å². The Kier molecular flexibility index (Phi) is 3.44. The average Bonchev–Trinajstić information content (AvgIpc) is 2.26. The van der Waals surface area contributed by atoms with E-state index in [0.29, 0.717) is 12.3 Å². The summed E-state index contributed by atoms with van der Waals surface area (Å²) in [5.41, 5.74) is -2.09.